The van der Waals surface area contributed by atoms with Crippen LogP contribution in [0.15, 0.2) is 0 Å². The molecule has 0 bridgehead atoms. The lowest BCUT2D eigenvalue weighted by Crippen LogP contribution is -2.47. The fraction of sp³-hybridized carbons (Fsp3) is 1.00. The maximum absolute atomic E-state index is 3.53. The Hall–Kier alpha value is -0.0800. The van der Waals surface area contributed by atoms with Gasteiger partial charge in [-0.1, -0.05) is 27.7 Å². The van der Waals surface area contributed by atoms with Gasteiger partial charge in [-0.3, -0.25) is 4.90 Å². The molecular weight excluding hydrogens is 196 g/mol. The second-order valence-electron chi connectivity index (χ2n) is 6.35. The molecule has 0 aliphatic carbocycles. The van der Waals surface area contributed by atoms with Gasteiger partial charge < -0.3 is 5.32 Å². The van der Waals surface area contributed by atoms with Gasteiger partial charge in [0.05, 0.1) is 0 Å². The standard InChI is InChI=1S/C14H30N2/c1-5-10-16(11-8-14(2,3)4)13-7-6-9-15-12-13/h13,15H,5-12H2,1-4H3. The van der Waals surface area contributed by atoms with Gasteiger partial charge in [0.2, 0.25) is 0 Å². The Morgan fingerprint density at radius 1 is 1.25 bits per heavy atom. The van der Waals surface area contributed by atoms with Gasteiger partial charge >= 0.3 is 0 Å². The smallest absolute Gasteiger partial charge is 0.0221 e. The molecule has 0 aromatic heterocycles. The first-order valence-corrected chi connectivity index (χ1v) is 6.97. The summed E-state index contributed by atoms with van der Waals surface area (Å²) in [6.45, 7) is 14.3. The van der Waals surface area contributed by atoms with Crippen molar-refractivity contribution >= 4 is 0 Å². The highest BCUT2D eigenvalue weighted by Gasteiger charge is 2.21. The van der Waals surface area contributed by atoms with Crippen molar-refractivity contribution in [1.29, 1.82) is 0 Å². The summed E-state index contributed by atoms with van der Waals surface area (Å²) in [6, 6.07) is 0.788. The molecule has 0 aromatic rings. The van der Waals surface area contributed by atoms with Crippen molar-refractivity contribution in [3.63, 3.8) is 0 Å². The van der Waals surface area contributed by atoms with Crippen LogP contribution in [0.1, 0.15) is 53.4 Å². The molecule has 0 spiro atoms. The van der Waals surface area contributed by atoms with Crippen molar-refractivity contribution in [3.05, 3.63) is 0 Å². The quantitative estimate of drug-likeness (QED) is 0.775. The molecule has 1 heterocycles. The molecule has 1 atom stereocenters. The largest absolute Gasteiger partial charge is 0.315 e. The van der Waals surface area contributed by atoms with E-state index in [1.807, 2.05) is 0 Å². The summed E-state index contributed by atoms with van der Waals surface area (Å²) in [5.74, 6) is 0. The molecular formula is C14H30N2. The van der Waals surface area contributed by atoms with Crippen LogP contribution < -0.4 is 5.32 Å². The van der Waals surface area contributed by atoms with Gasteiger partial charge in [-0.25, -0.2) is 0 Å². The molecule has 0 radical (unpaired) electrons. The highest BCUT2D eigenvalue weighted by Crippen LogP contribution is 2.21. The van der Waals surface area contributed by atoms with Crippen LogP contribution in [0.25, 0.3) is 0 Å². The summed E-state index contributed by atoms with van der Waals surface area (Å²) >= 11 is 0. The number of hydrogen-bond donors (Lipinski definition) is 1. The third-order valence-corrected chi connectivity index (χ3v) is 3.45. The lowest BCUT2D eigenvalue weighted by Gasteiger charge is -2.36. The van der Waals surface area contributed by atoms with Crippen LogP contribution >= 0.6 is 0 Å². The molecule has 16 heavy (non-hydrogen) atoms. The Morgan fingerprint density at radius 3 is 2.50 bits per heavy atom. The van der Waals surface area contributed by atoms with Crippen LogP contribution in [0, 0.1) is 5.41 Å². The molecule has 1 N–H and O–H groups in total. The Bertz CT molecular complexity index is 178. The van der Waals surface area contributed by atoms with Gasteiger partial charge in [0.15, 0.2) is 0 Å². The van der Waals surface area contributed by atoms with E-state index in [0.717, 1.165) is 6.04 Å². The van der Waals surface area contributed by atoms with E-state index in [-0.39, 0.29) is 0 Å². The monoisotopic (exact) mass is 226 g/mol. The van der Waals surface area contributed by atoms with E-state index in [4.69, 9.17) is 0 Å². The number of nitrogens with zero attached hydrogens (tertiary/aromatic N) is 1. The normalized spacial score (nSPS) is 22.7. The number of piperidine rings is 1. The van der Waals surface area contributed by atoms with Crippen LogP contribution in [0.2, 0.25) is 0 Å². The Balaban J connectivity index is 2.39. The molecule has 1 aliphatic rings. The first-order valence-electron chi connectivity index (χ1n) is 6.97. The second kappa shape index (κ2) is 6.61. The lowest BCUT2D eigenvalue weighted by molar-refractivity contribution is 0.146. The van der Waals surface area contributed by atoms with Gasteiger partial charge in [0, 0.05) is 12.6 Å². The lowest BCUT2D eigenvalue weighted by atomic mass is 9.91. The summed E-state index contributed by atoms with van der Waals surface area (Å²) < 4.78 is 0. The maximum atomic E-state index is 3.53. The average molecular weight is 226 g/mol. The first kappa shape index (κ1) is 14.0. The number of hydrogen-bond acceptors (Lipinski definition) is 2. The molecule has 1 unspecified atom stereocenters. The van der Waals surface area contributed by atoms with Crippen molar-refractivity contribution in [2.24, 2.45) is 5.41 Å². The van der Waals surface area contributed by atoms with E-state index in [9.17, 15) is 0 Å². The van der Waals surface area contributed by atoms with E-state index in [1.54, 1.807) is 0 Å². The minimum absolute atomic E-state index is 0.466. The van der Waals surface area contributed by atoms with Crippen molar-refractivity contribution in [3.8, 4) is 0 Å². The highest BCUT2D eigenvalue weighted by atomic mass is 15.2. The predicted octanol–water partition coefficient (Wildman–Crippen LogP) is 2.89. The van der Waals surface area contributed by atoms with Crippen LogP contribution in [-0.4, -0.2) is 37.1 Å². The Kier molecular flexibility index (Phi) is 5.77. The van der Waals surface area contributed by atoms with Crippen LogP contribution in [0.4, 0.5) is 0 Å². The summed E-state index contributed by atoms with van der Waals surface area (Å²) in [7, 11) is 0. The SMILES string of the molecule is CCCN(CCC(C)(C)C)C1CCCNC1. The van der Waals surface area contributed by atoms with Crippen molar-refractivity contribution in [2.45, 2.75) is 59.4 Å². The van der Waals surface area contributed by atoms with E-state index in [1.165, 1.54) is 51.9 Å². The summed E-state index contributed by atoms with van der Waals surface area (Å²) in [5.41, 5.74) is 0.466. The van der Waals surface area contributed by atoms with E-state index < -0.39 is 0 Å². The van der Waals surface area contributed by atoms with Gasteiger partial charge in [0.25, 0.3) is 0 Å². The molecule has 0 aromatic carbocycles. The summed E-state index contributed by atoms with van der Waals surface area (Å²) in [4.78, 5) is 2.71. The molecule has 1 fully saturated rings. The number of rotatable bonds is 5. The van der Waals surface area contributed by atoms with Gasteiger partial charge in [0.1, 0.15) is 0 Å². The zero-order valence-electron chi connectivity index (χ0n) is 11.7. The van der Waals surface area contributed by atoms with Gasteiger partial charge in [-0.2, -0.15) is 0 Å². The van der Waals surface area contributed by atoms with Crippen LogP contribution in [0.5, 0.6) is 0 Å². The Morgan fingerprint density at radius 2 is 2.00 bits per heavy atom. The van der Waals surface area contributed by atoms with Gasteiger partial charge in [-0.05, 0) is 50.7 Å². The highest BCUT2D eigenvalue weighted by molar-refractivity contribution is 4.79. The van der Waals surface area contributed by atoms with Crippen molar-refractivity contribution in [1.82, 2.24) is 10.2 Å². The molecule has 1 saturated heterocycles. The maximum Gasteiger partial charge on any atom is 0.0221 e. The minimum Gasteiger partial charge on any atom is -0.315 e. The predicted molar refractivity (Wildman–Crippen MR) is 71.8 cm³/mol. The molecule has 2 nitrogen and oxygen atoms in total. The molecule has 1 aliphatic heterocycles. The van der Waals surface area contributed by atoms with E-state index >= 15 is 0 Å². The first-order chi connectivity index (χ1) is 7.53. The fourth-order valence-electron chi connectivity index (χ4n) is 2.39. The molecule has 1 rings (SSSR count). The van der Waals surface area contributed by atoms with Crippen LogP contribution in [-0.2, 0) is 0 Å². The fourth-order valence-corrected chi connectivity index (χ4v) is 2.39. The van der Waals surface area contributed by atoms with Crippen molar-refractivity contribution in [2.75, 3.05) is 26.2 Å². The molecule has 2 heteroatoms. The van der Waals surface area contributed by atoms with Gasteiger partial charge in [-0.15, -0.1) is 0 Å². The number of nitrogens with one attached hydrogen (secondary N) is 1. The molecule has 0 amide bonds. The average Bonchev–Trinajstić information content (AvgIpc) is 2.24. The van der Waals surface area contributed by atoms with E-state index in [2.05, 4.69) is 37.9 Å². The zero-order valence-corrected chi connectivity index (χ0v) is 11.7. The van der Waals surface area contributed by atoms with E-state index in [0.29, 0.717) is 5.41 Å². The van der Waals surface area contributed by atoms with Crippen LogP contribution in [0.3, 0.4) is 0 Å². The third kappa shape index (κ3) is 5.31. The molecule has 96 valence electrons. The zero-order chi connectivity index (χ0) is 12.0. The Labute approximate surface area is 102 Å². The summed E-state index contributed by atoms with van der Waals surface area (Å²) in [5, 5.41) is 3.53. The van der Waals surface area contributed by atoms with Crippen molar-refractivity contribution < 1.29 is 0 Å². The minimum atomic E-state index is 0.466. The molecule has 0 saturated carbocycles. The third-order valence-electron chi connectivity index (χ3n) is 3.45. The topological polar surface area (TPSA) is 15.3 Å². The second-order valence-corrected chi connectivity index (χ2v) is 6.35. The summed E-state index contributed by atoms with van der Waals surface area (Å²) in [6.07, 6.45) is 5.32.